The lowest BCUT2D eigenvalue weighted by Crippen LogP contribution is -2.40. The molecule has 4 aromatic rings. The molecule has 0 bridgehead atoms. The molecule has 0 N–H and O–H groups in total. The average Bonchev–Trinajstić information content (AvgIpc) is 3.24. The third kappa shape index (κ3) is 3.61. The summed E-state index contributed by atoms with van der Waals surface area (Å²) in [5, 5.41) is 5.15. The number of halogens is 1. The Balaban J connectivity index is 2.10. The van der Waals surface area contributed by atoms with Gasteiger partial charge >= 0.3 is 5.69 Å². The van der Waals surface area contributed by atoms with Crippen molar-refractivity contribution in [2.75, 3.05) is 0 Å². The molecule has 0 saturated heterocycles. The van der Waals surface area contributed by atoms with Crippen molar-refractivity contribution in [1.29, 1.82) is 0 Å². The molecule has 0 unspecified atom stereocenters. The molecule has 3 heterocycles. The van der Waals surface area contributed by atoms with E-state index >= 15 is 0 Å². The molecule has 0 amide bonds. The Morgan fingerprint density at radius 3 is 2.42 bits per heavy atom. The second kappa shape index (κ2) is 7.85. The van der Waals surface area contributed by atoms with Crippen molar-refractivity contribution in [3.05, 3.63) is 73.1 Å². The van der Waals surface area contributed by atoms with Gasteiger partial charge in [0.2, 0.25) is 5.95 Å². The van der Waals surface area contributed by atoms with Crippen LogP contribution in [0.5, 0.6) is 0 Å². The zero-order chi connectivity index (χ0) is 22.4. The summed E-state index contributed by atoms with van der Waals surface area (Å²) in [5.41, 5.74) is 2.48. The fraction of sp³-hybridized carbons (Fsp3) is 0.364. The third-order valence-corrected chi connectivity index (χ3v) is 5.61. The Labute approximate surface area is 184 Å². The van der Waals surface area contributed by atoms with Crippen LogP contribution in [-0.2, 0) is 20.1 Å². The fourth-order valence-corrected chi connectivity index (χ4v) is 4.02. The van der Waals surface area contributed by atoms with Crippen molar-refractivity contribution in [2.45, 2.75) is 40.8 Å². The highest BCUT2D eigenvalue weighted by atomic mass is 35.5. The van der Waals surface area contributed by atoms with Gasteiger partial charge in [0, 0.05) is 24.3 Å². The Hall–Kier alpha value is -3.13. The van der Waals surface area contributed by atoms with E-state index in [1.807, 2.05) is 58.0 Å². The SMILES string of the molecule is Cc1cc(C)n(-c2nc3c(c(=O)n(CC(C)C)c(=O)n3C)n2Cc2ccccc2Cl)n1. The molecule has 162 valence electrons. The second-order valence-electron chi connectivity index (χ2n) is 8.25. The molecule has 0 atom stereocenters. The van der Waals surface area contributed by atoms with E-state index in [0.29, 0.717) is 35.2 Å². The lowest BCUT2D eigenvalue weighted by Gasteiger charge is -2.13. The van der Waals surface area contributed by atoms with Gasteiger partial charge < -0.3 is 0 Å². The van der Waals surface area contributed by atoms with Gasteiger partial charge in [-0.2, -0.15) is 10.1 Å². The maximum Gasteiger partial charge on any atom is 0.332 e. The predicted molar refractivity (Wildman–Crippen MR) is 121 cm³/mol. The van der Waals surface area contributed by atoms with Gasteiger partial charge in [0.15, 0.2) is 11.2 Å². The molecule has 4 rings (SSSR count). The van der Waals surface area contributed by atoms with E-state index in [-0.39, 0.29) is 17.2 Å². The predicted octanol–water partition coefficient (Wildman–Crippen LogP) is 3.06. The monoisotopic (exact) mass is 440 g/mol. The van der Waals surface area contributed by atoms with E-state index in [0.717, 1.165) is 17.0 Å². The van der Waals surface area contributed by atoms with Crippen molar-refractivity contribution in [1.82, 2.24) is 28.5 Å². The highest BCUT2D eigenvalue weighted by Gasteiger charge is 2.23. The number of benzene rings is 1. The Morgan fingerprint density at radius 1 is 1.10 bits per heavy atom. The number of nitrogens with zero attached hydrogens (tertiary/aromatic N) is 6. The molecule has 0 radical (unpaired) electrons. The first-order valence-corrected chi connectivity index (χ1v) is 10.5. The highest BCUT2D eigenvalue weighted by molar-refractivity contribution is 6.31. The topological polar surface area (TPSA) is 79.6 Å². The van der Waals surface area contributed by atoms with E-state index in [1.54, 1.807) is 16.3 Å². The smallest absolute Gasteiger partial charge is 0.298 e. The van der Waals surface area contributed by atoms with Crippen molar-refractivity contribution in [3.8, 4) is 5.95 Å². The maximum atomic E-state index is 13.5. The number of fused-ring (bicyclic) bond motifs is 1. The standard InChI is InChI=1S/C22H25ClN6O2/c1-13(2)11-28-20(30)18-19(26(5)22(28)31)24-21(29-15(4)10-14(3)25-29)27(18)12-16-8-6-7-9-17(16)23/h6-10,13H,11-12H2,1-5H3. The van der Waals surface area contributed by atoms with Gasteiger partial charge in [-0.05, 0) is 37.5 Å². The third-order valence-electron chi connectivity index (χ3n) is 5.25. The van der Waals surface area contributed by atoms with Gasteiger partial charge in [-0.15, -0.1) is 0 Å². The molecule has 0 fully saturated rings. The Bertz CT molecular complexity index is 1410. The van der Waals surface area contributed by atoms with Crippen LogP contribution in [0.15, 0.2) is 39.9 Å². The lowest BCUT2D eigenvalue weighted by atomic mass is 10.2. The van der Waals surface area contributed by atoms with Gasteiger partial charge in [0.1, 0.15) is 0 Å². The van der Waals surface area contributed by atoms with Gasteiger partial charge in [0.05, 0.1) is 12.2 Å². The fourth-order valence-electron chi connectivity index (χ4n) is 3.83. The molecular weight excluding hydrogens is 416 g/mol. The molecule has 9 heteroatoms. The molecule has 3 aromatic heterocycles. The molecule has 0 saturated carbocycles. The molecule has 0 spiro atoms. The van der Waals surface area contributed by atoms with Crippen LogP contribution in [0.2, 0.25) is 5.02 Å². The summed E-state index contributed by atoms with van der Waals surface area (Å²) in [4.78, 5) is 31.1. The molecule has 0 aliphatic heterocycles. The average molecular weight is 441 g/mol. The summed E-state index contributed by atoms with van der Waals surface area (Å²) in [5.74, 6) is 0.605. The molecule has 1 aromatic carbocycles. The summed E-state index contributed by atoms with van der Waals surface area (Å²) in [6, 6.07) is 9.42. The summed E-state index contributed by atoms with van der Waals surface area (Å²) < 4.78 is 6.21. The number of imidazole rings is 1. The van der Waals surface area contributed by atoms with E-state index in [9.17, 15) is 9.59 Å². The normalized spacial score (nSPS) is 11.7. The van der Waals surface area contributed by atoms with Crippen molar-refractivity contribution >= 4 is 22.8 Å². The minimum absolute atomic E-state index is 0.137. The molecule has 0 aliphatic rings. The largest absolute Gasteiger partial charge is 0.332 e. The Kier molecular flexibility index (Phi) is 5.35. The van der Waals surface area contributed by atoms with Crippen LogP contribution < -0.4 is 11.2 Å². The molecule has 31 heavy (non-hydrogen) atoms. The first kappa shape index (κ1) is 21.1. The molecule has 8 nitrogen and oxygen atoms in total. The minimum atomic E-state index is -0.381. The van der Waals surface area contributed by atoms with Crippen molar-refractivity contribution in [2.24, 2.45) is 13.0 Å². The summed E-state index contributed by atoms with van der Waals surface area (Å²) in [7, 11) is 1.64. The Morgan fingerprint density at radius 2 is 1.81 bits per heavy atom. The second-order valence-corrected chi connectivity index (χ2v) is 8.66. The van der Waals surface area contributed by atoms with E-state index in [4.69, 9.17) is 16.6 Å². The lowest BCUT2D eigenvalue weighted by molar-refractivity contribution is 0.484. The van der Waals surface area contributed by atoms with E-state index in [1.165, 1.54) is 9.13 Å². The maximum absolute atomic E-state index is 13.5. The van der Waals surface area contributed by atoms with Crippen LogP contribution in [0.25, 0.3) is 17.1 Å². The van der Waals surface area contributed by atoms with Crippen LogP contribution in [0.1, 0.15) is 30.8 Å². The van der Waals surface area contributed by atoms with Gasteiger partial charge in [0.25, 0.3) is 5.56 Å². The van der Waals surface area contributed by atoms with Crippen molar-refractivity contribution in [3.63, 3.8) is 0 Å². The summed E-state index contributed by atoms with van der Waals surface area (Å²) in [6.07, 6.45) is 0. The number of aryl methyl sites for hydroxylation is 3. The van der Waals surface area contributed by atoms with Gasteiger partial charge in [-0.3, -0.25) is 18.5 Å². The zero-order valence-corrected chi connectivity index (χ0v) is 19.0. The summed E-state index contributed by atoms with van der Waals surface area (Å²) in [6.45, 7) is 8.41. The zero-order valence-electron chi connectivity index (χ0n) is 18.3. The number of aromatic nitrogens is 6. The van der Waals surface area contributed by atoms with Gasteiger partial charge in [-0.25, -0.2) is 9.48 Å². The quantitative estimate of drug-likeness (QED) is 0.477. The first-order valence-electron chi connectivity index (χ1n) is 10.2. The van der Waals surface area contributed by atoms with Crippen LogP contribution >= 0.6 is 11.6 Å². The van der Waals surface area contributed by atoms with Crippen LogP contribution in [0.3, 0.4) is 0 Å². The van der Waals surface area contributed by atoms with Crippen LogP contribution in [0.4, 0.5) is 0 Å². The summed E-state index contributed by atoms with van der Waals surface area (Å²) >= 11 is 6.43. The number of hydrogen-bond acceptors (Lipinski definition) is 4. The van der Waals surface area contributed by atoms with Crippen LogP contribution in [0, 0.1) is 19.8 Å². The molecular formula is C22H25ClN6O2. The van der Waals surface area contributed by atoms with E-state index in [2.05, 4.69) is 5.10 Å². The minimum Gasteiger partial charge on any atom is -0.298 e. The van der Waals surface area contributed by atoms with E-state index < -0.39 is 0 Å². The van der Waals surface area contributed by atoms with Gasteiger partial charge in [-0.1, -0.05) is 43.6 Å². The van der Waals surface area contributed by atoms with Crippen LogP contribution in [-0.4, -0.2) is 28.5 Å². The highest BCUT2D eigenvalue weighted by Crippen LogP contribution is 2.22. The molecule has 0 aliphatic carbocycles. The van der Waals surface area contributed by atoms with Crippen molar-refractivity contribution < 1.29 is 0 Å². The number of hydrogen-bond donors (Lipinski definition) is 0. The first-order chi connectivity index (χ1) is 14.7. The number of rotatable bonds is 5.